The van der Waals surface area contributed by atoms with Crippen LogP contribution in [0, 0.1) is 0 Å². The Balaban J connectivity index is 1.39. The van der Waals surface area contributed by atoms with Gasteiger partial charge in [0, 0.05) is 45.5 Å². The van der Waals surface area contributed by atoms with E-state index in [2.05, 4.69) is 69.1 Å². The zero-order chi connectivity index (χ0) is 35.7. The average molecular weight is 684 g/mol. The van der Waals surface area contributed by atoms with Gasteiger partial charge in [-0.05, 0) is 93.8 Å². The minimum atomic E-state index is 0.0273. The van der Waals surface area contributed by atoms with E-state index in [4.69, 9.17) is 14.5 Å². The van der Waals surface area contributed by atoms with Crippen molar-refractivity contribution in [3.8, 4) is 33.9 Å². The molecule has 0 unspecified atom stereocenters. The Kier molecular flexibility index (Phi) is 11.9. The molecular weight excluding hydrogens is 631 g/mol. The van der Waals surface area contributed by atoms with Crippen LogP contribution in [-0.2, 0) is 0 Å². The molecule has 6 nitrogen and oxygen atoms in total. The summed E-state index contributed by atoms with van der Waals surface area (Å²) in [7, 11) is 0. The lowest BCUT2D eigenvalue weighted by Gasteiger charge is -2.33. The van der Waals surface area contributed by atoms with Crippen molar-refractivity contribution in [1.29, 1.82) is 0 Å². The Bertz CT molecular complexity index is 1930. The van der Waals surface area contributed by atoms with E-state index >= 15 is 0 Å². The first-order valence-electron chi connectivity index (χ1n) is 19.0. The number of nitrogens with one attached hydrogen (secondary N) is 1. The molecule has 0 amide bonds. The highest BCUT2D eigenvalue weighted by Gasteiger charge is 2.28. The number of hydrogen-bond acceptors (Lipinski definition) is 6. The third kappa shape index (κ3) is 8.22. The number of benzene rings is 4. The monoisotopic (exact) mass is 683 g/mol. The Morgan fingerprint density at radius 1 is 0.667 bits per heavy atom. The van der Waals surface area contributed by atoms with Crippen molar-refractivity contribution in [3.05, 3.63) is 102 Å². The highest BCUT2D eigenvalue weighted by atomic mass is 16.5. The molecule has 4 aromatic carbocycles. The SMILES string of the molecule is CCCCCCCCCCOc1ccc2c3c(cc(-c4ccc(N(C(C)C)C(C)C)cc4NCOc4ccccc4)nc13)-c1ccccc1C2=O. The number of pyridine rings is 1. The second-order valence-electron chi connectivity index (χ2n) is 14.2. The van der Waals surface area contributed by atoms with Crippen LogP contribution in [0.1, 0.15) is 102 Å². The number of nitrogens with zero attached hydrogens (tertiary/aromatic N) is 2. The molecule has 6 rings (SSSR count). The molecule has 0 fully saturated rings. The summed E-state index contributed by atoms with van der Waals surface area (Å²) in [5.41, 5.74) is 7.85. The number of aromatic nitrogens is 1. The fourth-order valence-corrected chi connectivity index (χ4v) is 7.42. The van der Waals surface area contributed by atoms with Crippen LogP contribution in [0.4, 0.5) is 11.4 Å². The largest absolute Gasteiger partial charge is 0.491 e. The van der Waals surface area contributed by atoms with Crippen molar-refractivity contribution in [2.24, 2.45) is 0 Å². The van der Waals surface area contributed by atoms with E-state index in [9.17, 15) is 4.79 Å². The lowest BCUT2D eigenvalue weighted by Crippen LogP contribution is -2.37. The van der Waals surface area contributed by atoms with Crippen LogP contribution in [0.3, 0.4) is 0 Å². The summed E-state index contributed by atoms with van der Waals surface area (Å²) >= 11 is 0. The molecular formula is C45H53N3O3. The quantitative estimate of drug-likeness (QED) is 0.0718. The van der Waals surface area contributed by atoms with E-state index in [-0.39, 0.29) is 5.78 Å². The third-order valence-corrected chi connectivity index (χ3v) is 9.82. The van der Waals surface area contributed by atoms with Gasteiger partial charge in [0.2, 0.25) is 0 Å². The first kappa shape index (κ1) is 36.0. The van der Waals surface area contributed by atoms with Gasteiger partial charge in [-0.25, -0.2) is 4.98 Å². The van der Waals surface area contributed by atoms with Crippen LogP contribution < -0.4 is 19.7 Å². The molecule has 6 heteroatoms. The van der Waals surface area contributed by atoms with Gasteiger partial charge in [-0.3, -0.25) is 4.79 Å². The van der Waals surface area contributed by atoms with Crippen molar-refractivity contribution < 1.29 is 14.3 Å². The van der Waals surface area contributed by atoms with Gasteiger partial charge >= 0.3 is 0 Å². The Hall–Kier alpha value is -4.84. The standard InChI is InChI=1S/C45H53N3O3/c1-6-7-8-9-10-11-12-18-27-50-42-26-25-38-43-39(35-21-16-17-22-36(35)45(38)49)29-41(47-44(42)43)37-24-23-33(48(31(2)3)32(4)5)28-40(37)46-30-51-34-19-14-13-15-20-34/h13-17,19-26,28-29,31-32,46H,6-12,18,27,30H2,1-5H3. The van der Waals surface area contributed by atoms with E-state index in [0.29, 0.717) is 36.5 Å². The maximum atomic E-state index is 13.8. The minimum absolute atomic E-state index is 0.0273. The molecule has 0 atom stereocenters. The van der Waals surface area contributed by atoms with Crippen LogP contribution in [0.15, 0.2) is 91.0 Å². The fraction of sp³-hybridized carbons (Fsp3) is 0.378. The highest BCUT2D eigenvalue weighted by molar-refractivity contribution is 6.26. The maximum Gasteiger partial charge on any atom is 0.194 e. The summed E-state index contributed by atoms with van der Waals surface area (Å²) in [5, 5.41) is 4.44. The molecule has 1 N–H and O–H groups in total. The van der Waals surface area contributed by atoms with Gasteiger partial charge < -0.3 is 19.7 Å². The van der Waals surface area contributed by atoms with Gasteiger partial charge in [0.1, 0.15) is 17.0 Å². The van der Waals surface area contributed by atoms with Crippen LogP contribution in [-0.4, -0.2) is 36.2 Å². The number of carbonyl (C=O) groups is 1. The topological polar surface area (TPSA) is 63.7 Å². The molecule has 0 saturated carbocycles. The number of para-hydroxylation sites is 1. The molecule has 0 spiro atoms. The normalized spacial score (nSPS) is 12.0. The molecule has 0 bridgehead atoms. The highest BCUT2D eigenvalue weighted by Crippen LogP contribution is 2.44. The summed E-state index contributed by atoms with van der Waals surface area (Å²) < 4.78 is 12.6. The van der Waals surface area contributed by atoms with E-state index in [1.165, 1.54) is 38.5 Å². The van der Waals surface area contributed by atoms with Gasteiger partial charge in [-0.15, -0.1) is 0 Å². The Morgan fingerprint density at radius 2 is 1.33 bits per heavy atom. The number of ketones is 1. The van der Waals surface area contributed by atoms with E-state index in [1.807, 2.05) is 66.7 Å². The van der Waals surface area contributed by atoms with Crippen molar-refractivity contribution in [2.75, 3.05) is 23.6 Å². The van der Waals surface area contributed by atoms with E-state index < -0.39 is 0 Å². The zero-order valence-electron chi connectivity index (χ0n) is 31.0. The van der Waals surface area contributed by atoms with Crippen LogP contribution >= 0.6 is 0 Å². The predicted molar refractivity (Wildman–Crippen MR) is 212 cm³/mol. The summed E-state index contributed by atoms with van der Waals surface area (Å²) in [6.07, 6.45) is 9.90. The minimum Gasteiger partial charge on any atom is -0.491 e. The number of unbranched alkanes of at least 4 members (excludes halogenated alkanes) is 7. The summed E-state index contributed by atoms with van der Waals surface area (Å²) in [6, 6.07) is 30.9. The van der Waals surface area contributed by atoms with Gasteiger partial charge in [0.25, 0.3) is 0 Å². The van der Waals surface area contributed by atoms with Crippen LogP contribution in [0.25, 0.3) is 33.3 Å². The molecule has 1 aliphatic rings. The number of anilines is 2. The smallest absolute Gasteiger partial charge is 0.194 e. The van der Waals surface area contributed by atoms with Crippen molar-refractivity contribution in [1.82, 2.24) is 4.98 Å². The molecule has 1 aromatic heterocycles. The molecule has 266 valence electrons. The van der Waals surface area contributed by atoms with Gasteiger partial charge in [-0.2, -0.15) is 0 Å². The first-order chi connectivity index (χ1) is 24.9. The summed E-state index contributed by atoms with van der Waals surface area (Å²) in [5.74, 6) is 1.55. The number of fused-ring (bicyclic) bond motifs is 2. The lowest BCUT2D eigenvalue weighted by atomic mass is 9.83. The van der Waals surface area contributed by atoms with E-state index in [1.54, 1.807) is 0 Å². The number of ether oxygens (including phenoxy) is 2. The third-order valence-electron chi connectivity index (χ3n) is 9.82. The molecule has 0 radical (unpaired) electrons. The van der Waals surface area contributed by atoms with Gasteiger partial charge in [0.15, 0.2) is 12.5 Å². The van der Waals surface area contributed by atoms with Gasteiger partial charge in [0.05, 0.1) is 12.3 Å². The second-order valence-corrected chi connectivity index (χ2v) is 14.2. The Labute approximate surface area is 304 Å². The van der Waals surface area contributed by atoms with Crippen LogP contribution in [0.5, 0.6) is 11.5 Å². The number of rotatable bonds is 18. The van der Waals surface area contributed by atoms with Crippen molar-refractivity contribution >= 4 is 28.1 Å². The molecule has 0 aliphatic heterocycles. The summed E-state index contributed by atoms with van der Waals surface area (Å²) in [6.45, 7) is 12.1. The molecule has 0 saturated heterocycles. The van der Waals surface area contributed by atoms with Crippen LogP contribution in [0.2, 0.25) is 0 Å². The van der Waals surface area contributed by atoms with Crippen molar-refractivity contribution in [3.63, 3.8) is 0 Å². The zero-order valence-corrected chi connectivity index (χ0v) is 31.0. The summed E-state index contributed by atoms with van der Waals surface area (Å²) in [4.78, 5) is 21.5. The predicted octanol–water partition coefficient (Wildman–Crippen LogP) is 11.7. The molecule has 1 aliphatic carbocycles. The molecule has 5 aromatic rings. The lowest BCUT2D eigenvalue weighted by molar-refractivity contribution is 0.104. The van der Waals surface area contributed by atoms with Crippen molar-refractivity contribution in [2.45, 2.75) is 98.1 Å². The maximum absolute atomic E-state index is 13.8. The Morgan fingerprint density at radius 3 is 2.06 bits per heavy atom. The second kappa shape index (κ2) is 16.9. The first-order valence-corrected chi connectivity index (χ1v) is 19.0. The van der Waals surface area contributed by atoms with Gasteiger partial charge in [-0.1, -0.05) is 94.3 Å². The average Bonchev–Trinajstić information content (AvgIpc) is 3.13. The van der Waals surface area contributed by atoms with E-state index in [0.717, 1.165) is 69.0 Å². The fourth-order valence-electron chi connectivity index (χ4n) is 7.42. The molecule has 51 heavy (non-hydrogen) atoms. The number of carbonyl (C=O) groups excluding carboxylic acids is 1. The number of hydrogen-bond donors (Lipinski definition) is 1. The molecule has 1 heterocycles.